The number of nitrogens with two attached hydrogens (primary N) is 1. The fraction of sp³-hybridized carbons (Fsp3) is 0.898. The summed E-state index contributed by atoms with van der Waals surface area (Å²) in [6.07, 6.45) is 53.5. The van der Waals surface area contributed by atoms with Gasteiger partial charge in [0.1, 0.15) is 6.10 Å². The molecule has 0 aliphatic carbocycles. The van der Waals surface area contributed by atoms with Gasteiger partial charge < -0.3 is 20.1 Å². The number of phosphoric acid groups is 1. The number of carbonyl (C=O) groups is 1. The number of hydrogen-bond acceptors (Lipinski definition) is 7. The molecule has 344 valence electrons. The number of rotatable bonds is 48. The van der Waals surface area contributed by atoms with E-state index in [1.54, 1.807) is 0 Å². The van der Waals surface area contributed by atoms with Crippen molar-refractivity contribution in [3.63, 3.8) is 0 Å². The second-order valence-electron chi connectivity index (χ2n) is 16.7. The van der Waals surface area contributed by atoms with Crippen LogP contribution in [-0.4, -0.2) is 49.9 Å². The number of hydrogen-bond donors (Lipinski definition) is 2. The minimum absolute atomic E-state index is 0.0954. The van der Waals surface area contributed by atoms with Crippen LogP contribution in [0.4, 0.5) is 0 Å². The lowest BCUT2D eigenvalue weighted by molar-refractivity contribution is -0.154. The normalized spacial score (nSPS) is 13.5. The van der Waals surface area contributed by atoms with Gasteiger partial charge in [0.25, 0.3) is 0 Å². The van der Waals surface area contributed by atoms with Gasteiger partial charge in [0.15, 0.2) is 0 Å². The second-order valence-corrected chi connectivity index (χ2v) is 18.1. The number of phosphoric ester groups is 1. The summed E-state index contributed by atoms with van der Waals surface area (Å²) in [6.45, 7) is 4.92. The van der Waals surface area contributed by atoms with Crippen LogP contribution in [0.2, 0.25) is 0 Å². The Kier molecular flexibility index (Phi) is 46.2. The number of ether oxygens (including phenoxy) is 2. The summed E-state index contributed by atoms with van der Waals surface area (Å²) >= 11 is 0. The highest BCUT2D eigenvalue weighted by Gasteiger charge is 2.25. The lowest BCUT2D eigenvalue weighted by Gasteiger charge is -2.20. The molecule has 2 unspecified atom stereocenters. The third-order valence-corrected chi connectivity index (χ3v) is 11.9. The van der Waals surface area contributed by atoms with Crippen LogP contribution in [0.25, 0.3) is 0 Å². The summed E-state index contributed by atoms with van der Waals surface area (Å²) in [5, 5.41) is 0. The van der Waals surface area contributed by atoms with Crippen molar-refractivity contribution >= 4 is 13.8 Å². The molecular formula is C49H96NO7P. The molecule has 0 aromatic rings. The molecule has 0 rings (SSSR count). The van der Waals surface area contributed by atoms with Gasteiger partial charge in [-0.15, -0.1) is 0 Å². The topological polar surface area (TPSA) is 117 Å². The van der Waals surface area contributed by atoms with Crippen molar-refractivity contribution in [3.05, 3.63) is 24.3 Å². The molecule has 2 atom stereocenters. The molecule has 0 aromatic heterocycles. The first-order valence-electron chi connectivity index (χ1n) is 24.8. The van der Waals surface area contributed by atoms with Crippen molar-refractivity contribution in [2.75, 3.05) is 33.0 Å². The standard InChI is InChI=1S/C49H96NO7P/c1-3-5-7-9-11-13-15-17-19-21-22-23-24-25-26-27-28-30-32-34-36-38-40-42-49(51)57-48(47-56-58(52,53)55-45-43-50)46-54-44-41-39-37-35-33-31-29-20-18-16-14-12-10-8-6-4-2/h12,14,18,20,48H,3-11,13,15-17,19,21-47,50H2,1-2H3,(H,52,53)/b14-12-,20-18-. The van der Waals surface area contributed by atoms with Crippen molar-refractivity contribution in [3.8, 4) is 0 Å². The predicted molar refractivity (Wildman–Crippen MR) is 247 cm³/mol. The van der Waals surface area contributed by atoms with E-state index in [1.807, 2.05) is 0 Å². The summed E-state index contributed by atoms with van der Waals surface area (Å²) in [4.78, 5) is 22.6. The average Bonchev–Trinajstić information content (AvgIpc) is 3.21. The molecule has 9 heteroatoms. The van der Waals surface area contributed by atoms with E-state index < -0.39 is 13.9 Å². The zero-order chi connectivity index (χ0) is 42.3. The molecule has 0 amide bonds. The van der Waals surface area contributed by atoms with Crippen molar-refractivity contribution in [1.29, 1.82) is 0 Å². The zero-order valence-electron chi connectivity index (χ0n) is 38.3. The van der Waals surface area contributed by atoms with Crippen molar-refractivity contribution in [1.82, 2.24) is 0 Å². The Morgan fingerprint density at radius 1 is 0.517 bits per heavy atom. The third kappa shape index (κ3) is 46.1. The fourth-order valence-corrected chi connectivity index (χ4v) is 7.97. The van der Waals surface area contributed by atoms with Crippen LogP contribution in [0, 0.1) is 0 Å². The molecule has 0 radical (unpaired) electrons. The smallest absolute Gasteiger partial charge is 0.457 e. The SMILES string of the molecule is CCCCC/C=C\C/C=C\CCCCCCCCOCC(COP(=O)(O)OCCN)OC(=O)CCCCCCCCCCCCCCCCCCCCCCCCC. The van der Waals surface area contributed by atoms with Crippen LogP contribution in [0.5, 0.6) is 0 Å². The van der Waals surface area contributed by atoms with Crippen LogP contribution in [-0.2, 0) is 27.9 Å². The Morgan fingerprint density at radius 3 is 1.38 bits per heavy atom. The van der Waals surface area contributed by atoms with Gasteiger partial charge in [-0.05, 0) is 44.9 Å². The van der Waals surface area contributed by atoms with Gasteiger partial charge >= 0.3 is 13.8 Å². The van der Waals surface area contributed by atoms with Crippen molar-refractivity contribution in [2.24, 2.45) is 5.73 Å². The predicted octanol–water partition coefficient (Wildman–Crippen LogP) is 15.2. The minimum Gasteiger partial charge on any atom is -0.457 e. The fourth-order valence-electron chi connectivity index (χ4n) is 7.21. The highest BCUT2D eigenvalue weighted by molar-refractivity contribution is 7.47. The molecular weight excluding hydrogens is 746 g/mol. The summed E-state index contributed by atoms with van der Waals surface area (Å²) in [5.41, 5.74) is 5.38. The number of carbonyl (C=O) groups excluding carboxylic acids is 1. The maximum Gasteiger partial charge on any atom is 0.472 e. The summed E-state index contributed by atoms with van der Waals surface area (Å²) in [7, 11) is -4.28. The van der Waals surface area contributed by atoms with E-state index in [0.29, 0.717) is 13.0 Å². The monoisotopic (exact) mass is 842 g/mol. The Hall–Kier alpha value is -1.02. The molecule has 0 spiro atoms. The summed E-state index contributed by atoms with van der Waals surface area (Å²) < 4.78 is 33.5. The third-order valence-electron chi connectivity index (χ3n) is 10.9. The highest BCUT2D eigenvalue weighted by Crippen LogP contribution is 2.43. The summed E-state index contributed by atoms with van der Waals surface area (Å²) in [5.74, 6) is -0.329. The first kappa shape index (κ1) is 57.0. The Labute approximate surface area is 359 Å². The zero-order valence-corrected chi connectivity index (χ0v) is 39.2. The molecule has 0 aliphatic rings. The van der Waals surface area contributed by atoms with E-state index in [-0.39, 0.29) is 32.3 Å². The Bertz CT molecular complexity index is 946. The number of allylic oxidation sites excluding steroid dienone is 4. The van der Waals surface area contributed by atoms with Gasteiger partial charge in [-0.25, -0.2) is 4.57 Å². The van der Waals surface area contributed by atoms with Gasteiger partial charge in [0, 0.05) is 19.6 Å². The van der Waals surface area contributed by atoms with Gasteiger partial charge in [0.05, 0.1) is 19.8 Å². The molecule has 3 N–H and O–H groups in total. The summed E-state index contributed by atoms with van der Waals surface area (Å²) in [6, 6.07) is 0. The minimum atomic E-state index is -4.28. The molecule has 8 nitrogen and oxygen atoms in total. The molecule has 0 heterocycles. The van der Waals surface area contributed by atoms with Gasteiger partial charge in [0.2, 0.25) is 0 Å². The molecule has 0 bridgehead atoms. The van der Waals surface area contributed by atoms with Crippen molar-refractivity contribution < 1.29 is 32.8 Å². The van der Waals surface area contributed by atoms with E-state index >= 15 is 0 Å². The van der Waals surface area contributed by atoms with E-state index in [0.717, 1.165) is 44.9 Å². The van der Waals surface area contributed by atoms with Crippen LogP contribution in [0.1, 0.15) is 245 Å². The first-order valence-corrected chi connectivity index (χ1v) is 26.3. The molecule has 58 heavy (non-hydrogen) atoms. The Morgan fingerprint density at radius 2 is 0.914 bits per heavy atom. The van der Waals surface area contributed by atoms with E-state index in [1.165, 1.54) is 180 Å². The number of unbranched alkanes of at least 4 members (excludes halogenated alkanes) is 31. The lowest BCUT2D eigenvalue weighted by atomic mass is 10.0. The van der Waals surface area contributed by atoms with E-state index in [2.05, 4.69) is 38.2 Å². The van der Waals surface area contributed by atoms with Crippen LogP contribution in [0.3, 0.4) is 0 Å². The molecule has 0 aliphatic heterocycles. The largest absolute Gasteiger partial charge is 0.472 e. The molecule has 0 fully saturated rings. The first-order chi connectivity index (χ1) is 28.4. The van der Waals surface area contributed by atoms with Gasteiger partial charge in [-0.2, -0.15) is 0 Å². The van der Waals surface area contributed by atoms with Crippen molar-refractivity contribution in [2.45, 2.75) is 251 Å². The number of esters is 1. The quantitative estimate of drug-likeness (QED) is 0.0269. The van der Waals surface area contributed by atoms with Crippen LogP contribution < -0.4 is 5.73 Å². The maximum absolute atomic E-state index is 12.6. The van der Waals surface area contributed by atoms with E-state index in [4.69, 9.17) is 24.3 Å². The Balaban J connectivity index is 3.91. The second kappa shape index (κ2) is 47.0. The molecule has 0 aromatic carbocycles. The lowest BCUT2D eigenvalue weighted by Crippen LogP contribution is -2.28. The van der Waals surface area contributed by atoms with Gasteiger partial charge in [-0.1, -0.05) is 218 Å². The van der Waals surface area contributed by atoms with Gasteiger partial charge in [-0.3, -0.25) is 13.8 Å². The average molecular weight is 842 g/mol. The van der Waals surface area contributed by atoms with Crippen LogP contribution in [0.15, 0.2) is 24.3 Å². The highest BCUT2D eigenvalue weighted by atomic mass is 31.2. The molecule has 0 saturated carbocycles. The maximum atomic E-state index is 12.6. The van der Waals surface area contributed by atoms with E-state index in [9.17, 15) is 14.3 Å². The molecule has 0 saturated heterocycles. The van der Waals surface area contributed by atoms with Crippen LogP contribution >= 0.6 is 7.82 Å².